The highest BCUT2D eigenvalue weighted by molar-refractivity contribution is 6.31. The molecular formula is C25H25ClN4O2. The first-order valence-electron chi connectivity index (χ1n) is 10.6. The van der Waals surface area contributed by atoms with Crippen LogP contribution in [-0.4, -0.2) is 39.6 Å². The van der Waals surface area contributed by atoms with Gasteiger partial charge in [0.1, 0.15) is 0 Å². The van der Waals surface area contributed by atoms with Crippen LogP contribution in [-0.2, 0) is 16.1 Å². The number of likely N-dealkylation sites (tertiary alicyclic amines) is 1. The van der Waals surface area contributed by atoms with E-state index in [9.17, 15) is 9.59 Å². The van der Waals surface area contributed by atoms with Gasteiger partial charge in [-0.2, -0.15) is 5.10 Å². The fourth-order valence-corrected chi connectivity index (χ4v) is 4.11. The third kappa shape index (κ3) is 5.08. The van der Waals surface area contributed by atoms with Gasteiger partial charge in [0, 0.05) is 47.4 Å². The quantitative estimate of drug-likeness (QED) is 0.579. The van der Waals surface area contributed by atoms with Crippen molar-refractivity contribution in [2.75, 3.05) is 13.1 Å². The molecule has 0 atom stereocenters. The van der Waals surface area contributed by atoms with Crippen LogP contribution in [0.15, 0.2) is 66.9 Å². The highest BCUT2D eigenvalue weighted by Gasteiger charge is 2.24. The van der Waals surface area contributed by atoms with Gasteiger partial charge in [-0.15, -0.1) is 0 Å². The third-order valence-electron chi connectivity index (χ3n) is 5.74. The zero-order valence-electron chi connectivity index (χ0n) is 17.7. The monoisotopic (exact) mass is 448 g/mol. The molecule has 0 unspecified atom stereocenters. The Morgan fingerprint density at radius 2 is 1.75 bits per heavy atom. The van der Waals surface area contributed by atoms with Crippen molar-refractivity contribution in [2.45, 2.75) is 19.4 Å². The van der Waals surface area contributed by atoms with Gasteiger partial charge in [-0.3, -0.25) is 14.3 Å². The summed E-state index contributed by atoms with van der Waals surface area (Å²) in [7, 11) is 0. The van der Waals surface area contributed by atoms with Crippen molar-refractivity contribution < 1.29 is 9.59 Å². The summed E-state index contributed by atoms with van der Waals surface area (Å²) < 4.78 is 1.84. The molecule has 32 heavy (non-hydrogen) atoms. The first kappa shape index (κ1) is 21.8. The van der Waals surface area contributed by atoms with E-state index in [4.69, 9.17) is 22.4 Å². The van der Waals surface area contributed by atoms with E-state index < -0.39 is 0 Å². The summed E-state index contributed by atoms with van der Waals surface area (Å²) in [6.45, 7) is 1.60. The molecule has 1 aliphatic rings. The van der Waals surface area contributed by atoms with Crippen LogP contribution in [0.25, 0.3) is 17.3 Å². The normalized spacial score (nSPS) is 14.7. The highest BCUT2D eigenvalue weighted by atomic mass is 35.5. The van der Waals surface area contributed by atoms with Crippen molar-refractivity contribution >= 4 is 29.5 Å². The number of nitrogens with zero attached hydrogens (tertiary/aromatic N) is 3. The molecule has 2 aromatic carbocycles. The van der Waals surface area contributed by atoms with E-state index in [2.05, 4.69) is 0 Å². The van der Waals surface area contributed by atoms with Crippen LogP contribution in [0.5, 0.6) is 0 Å². The number of halogens is 1. The molecule has 3 aromatic rings. The molecule has 1 fully saturated rings. The summed E-state index contributed by atoms with van der Waals surface area (Å²) in [5.74, 6) is -0.507. The molecular weight excluding hydrogens is 424 g/mol. The Labute approximate surface area is 192 Å². The van der Waals surface area contributed by atoms with E-state index >= 15 is 0 Å². The second-order valence-electron chi connectivity index (χ2n) is 7.92. The SMILES string of the molecule is NC(=O)C1CCN(C(=O)/C=C/c2cn(Cc3ccccc3Cl)nc2-c2ccccc2)CC1. The number of benzene rings is 2. The van der Waals surface area contributed by atoms with Crippen molar-refractivity contribution in [3.05, 3.63) is 83.0 Å². The maximum atomic E-state index is 12.7. The Kier molecular flexibility index (Phi) is 6.71. The summed E-state index contributed by atoms with van der Waals surface area (Å²) in [5.41, 5.74) is 8.98. The number of carbonyl (C=O) groups is 2. The molecule has 1 saturated heterocycles. The first-order chi connectivity index (χ1) is 15.5. The molecule has 0 spiro atoms. The third-order valence-corrected chi connectivity index (χ3v) is 6.11. The van der Waals surface area contributed by atoms with Gasteiger partial charge in [0.15, 0.2) is 0 Å². The van der Waals surface area contributed by atoms with Crippen LogP contribution < -0.4 is 5.73 Å². The Balaban J connectivity index is 1.55. The minimum Gasteiger partial charge on any atom is -0.369 e. The average molecular weight is 449 g/mol. The van der Waals surface area contributed by atoms with Crippen LogP contribution in [0.1, 0.15) is 24.0 Å². The molecule has 2 heterocycles. The molecule has 164 valence electrons. The lowest BCUT2D eigenvalue weighted by Crippen LogP contribution is -2.41. The Morgan fingerprint density at radius 1 is 1.06 bits per heavy atom. The lowest BCUT2D eigenvalue weighted by atomic mass is 9.96. The van der Waals surface area contributed by atoms with Crippen LogP contribution in [0.3, 0.4) is 0 Å². The fourth-order valence-electron chi connectivity index (χ4n) is 3.91. The van der Waals surface area contributed by atoms with Crippen LogP contribution in [0, 0.1) is 5.92 Å². The molecule has 1 aromatic heterocycles. The number of primary amides is 1. The van der Waals surface area contributed by atoms with Crippen molar-refractivity contribution in [3.63, 3.8) is 0 Å². The van der Waals surface area contributed by atoms with Crippen molar-refractivity contribution in [2.24, 2.45) is 11.7 Å². The number of aromatic nitrogens is 2. The van der Waals surface area contributed by atoms with Gasteiger partial charge in [0.25, 0.3) is 0 Å². The topological polar surface area (TPSA) is 81.2 Å². The molecule has 0 bridgehead atoms. The van der Waals surface area contributed by atoms with Gasteiger partial charge in [0.2, 0.25) is 11.8 Å². The van der Waals surface area contributed by atoms with E-state index in [-0.39, 0.29) is 17.7 Å². The second kappa shape index (κ2) is 9.83. The molecule has 2 N–H and O–H groups in total. The largest absolute Gasteiger partial charge is 0.369 e. The smallest absolute Gasteiger partial charge is 0.246 e. The summed E-state index contributed by atoms with van der Waals surface area (Å²) in [4.78, 5) is 25.8. The summed E-state index contributed by atoms with van der Waals surface area (Å²) in [6.07, 6.45) is 6.53. The van der Waals surface area contributed by atoms with Crippen LogP contribution in [0.4, 0.5) is 0 Å². The standard InChI is InChI=1S/C25H25ClN4O2/c26-22-9-5-4-8-20(22)16-30-17-21(24(28-30)18-6-2-1-3-7-18)10-11-23(31)29-14-12-19(13-15-29)25(27)32/h1-11,17,19H,12-16H2,(H2,27,32)/b11-10+. The van der Waals surface area contributed by atoms with Gasteiger partial charge in [-0.25, -0.2) is 0 Å². The Hall–Kier alpha value is -3.38. The van der Waals surface area contributed by atoms with Gasteiger partial charge < -0.3 is 10.6 Å². The molecule has 1 aliphatic heterocycles. The maximum Gasteiger partial charge on any atom is 0.246 e. The molecule has 6 nitrogen and oxygen atoms in total. The second-order valence-corrected chi connectivity index (χ2v) is 8.33. The van der Waals surface area contributed by atoms with Crippen molar-refractivity contribution in [1.82, 2.24) is 14.7 Å². The first-order valence-corrected chi connectivity index (χ1v) is 11.0. The summed E-state index contributed by atoms with van der Waals surface area (Å²) >= 11 is 6.32. The van der Waals surface area contributed by atoms with E-state index in [1.807, 2.05) is 65.5 Å². The van der Waals surface area contributed by atoms with Crippen LogP contribution in [0.2, 0.25) is 5.02 Å². The van der Waals surface area contributed by atoms with E-state index in [1.54, 1.807) is 17.1 Å². The summed E-state index contributed by atoms with van der Waals surface area (Å²) in [5, 5.41) is 5.46. The number of rotatable bonds is 6. The predicted molar refractivity (Wildman–Crippen MR) is 126 cm³/mol. The lowest BCUT2D eigenvalue weighted by Gasteiger charge is -2.29. The van der Waals surface area contributed by atoms with Gasteiger partial charge in [0.05, 0.1) is 12.2 Å². The van der Waals surface area contributed by atoms with E-state index in [0.717, 1.165) is 22.4 Å². The van der Waals surface area contributed by atoms with Crippen LogP contribution >= 0.6 is 11.6 Å². The molecule has 0 radical (unpaired) electrons. The number of amides is 2. The molecule has 2 amide bonds. The minimum absolute atomic E-state index is 0.0780. The predicted octanol–water partition coefficient (Wildman–Crippen LogP) is 3.99. The number of carbonyl (C=O) groups excluding carboxylic acids is 2. The molecule has 0 aliphatic carbocycles. The van der Waals surface area contributed by atoms with Crippen molar-refractivity contribution in [3.8, 4) is 11.3 Å². The zero-order chi connectivity index (χ0) is 22.5. The van der Waals surface area contributed by atoms with Gasteiger partial charge >= 0.3 is 0 Å². The Morgan fingerprint density at radius 3 is 2.44 bits per heavy atom. The molecule has 7 heteroatoms. The van der Waals surface area contributed by atoms with Crippen molar-refractivity contribution in [1.29, 1.82) is 0 Å². The molecule has 0 saturated carbocycles. The maximum absolute atomic E-state index is 12.7. The number of hydrogen-bond donors (Lipinski definition) is 1. The summed E-state index contributed by atoms with van der Waals surface area (Å²) in [6, 6.07) is 17.6. The fraction of sp³-hybridized carbons (Fsp3) is 0.240. The number of nitrogens with two attached hydrogens (primary N) is 1. The van der Waals surface area contributed by atoms with Gasteiger partial charge in [-0.1, -0.05) is 60.1 Å². The lowest BCUT2D eigenvalue weighted by molar-refractivity contribution is -0.130. The van der Waals surface area contributed by atoms with Gasteiger partial charge in [-0.05, 0) is 30.5 Å². The van der Waals surface area contributed by atoms with E-state index in [0.29, 0.717) is 37.5 Å². The minimum atomic E-state index is -0.286. The number of piperidine rings is 1. The number of hydrogen-bond acceptors (Lipinski definition) is 3. The Bertz CT molecular complexity index is 1130. The highest BCUT2D eigenvalue weighted by Crippen LogP contribution is 2.25. The zero-order valence-corrected chi connectivity index (χ0v) is 18.4. The van der Waals surface area contributed by atoms with E-state index in [1.165, 1.54) is 0 Å². The average Bonchev–Trinajstić information content (AvgIpc) is 3.22. The molecule has 4 rings (SSSR count).